The Bertz CT molecular complexity index is 410. The lowest BCUT2D eigenvalue weighted by molar-refractivity contribution is 0.254. The van der Waals surface area contributed by atoms with Gasteiger partial charge < -0.3 is 5.32 Å². The van der Waals surface area contributed by atoms with Crippen molar-refractivity contribution in [2.24, 2.45) is 11.8 Å². The van der Waals surface area contributed by atoms with Crippen LogP contribution in [0.3, 0.4) is 0 Å². The number of rotatable bonds is 10. The Balaban J connectivity index is 1.93. The molecule has 0 amide bonds. The second kappa shape index (κ2) is 8.55. The molecule has 2 nitrogen and oxygen atoms in total. The predicted molar refractivity (Wildman–Crippen MR) is 91.3 cm³/mol. The zero-order valence-electron chi connectivity index (χ0n) is 14.1. The maximum absolute atomic E-state index is 3.58. The highest BCUT2D eigenvalue weighted by Gasteiger charge is 2.24. The average Bonchev–Trinajstić information content (AvgIpc) is 3.24. The molecule has 2 heteroatoms. The van der Waals surface area contributed by atoms with Crippen LogP contribution in [-0.2, 0) is 13.1 Å². The predicted octanol–water partition coefficient (Wildman–Crippen LogP) is 4.05. The van der Waals surface area contributed by atoms with Gasteiger partial charge in [-0.3, -0.25) is 4.90 Å². The number of nitrogens with zero attached hydrogens (tertiary/aromatic N) is 1. The van der Waals surface area contributed by atoms with Crippen LogP contribution in [0.4, 0.5) is 0 Å². The van der Waals surface area contributed by atoms with Gasteiger partial charge in [-0.1, -0.05) is 45.0 Å². The van der Waals surface area contributed by atoms with E-state index in [0.29, 0.717) is 5.92 Å². The molecule has 0 aromatic heterocycles. The molecule has 0 spiro atoms. The summed E-state index contributed by atoms with van der Waals surface area (Å²) in [6.07, 6.45) is 4.14. The Labute approximate surface area is 130 Å². The van der Waals surface area contributed by atoms with Gasteiger partial charge in [-0.2, -0.15) is 0 Å². The first-order valence-corrected chi connectivity index (χ1v) is 8.69. The molecule has 1 fully saturated rings. The molecule has 1 saturated carbocycles. The third-order valence-electron chi connectivity index (χ3n) is 4.13. The van der Waals surface area contributed by atoms with E-state index in [-0.39, 0.29) is 0 Å². The van der Waals surface area contributed by atoms with Crippen molar-refractivity contribution < 1.29 is 0 Å². The Kier molecular flexibility index (Phi) is 6.72. The molecule has 0 aliphatic heterocycles. The molecule has 0 heterocycles. The van der Waals surface area contributed by atoms with E-state index in [1.54, 1.807) is 0 Å². The summed E-state index contributed by atoms with van der Waals surface area (Å²) >= 11 is 0. The summed E-state index contributed by atoms with van der Waals surface area (Å²) in [4.78, 5) is 2.65. The van der Waals surface area contributed by atoms with Crippen LogP contribution >= 0.6 is 0 Å². The minimum atomic E-state index is 0.712. The topological polar surface area (TPSA) is 15.3 Å². The highest BCUT2D eigenvalue weighted by Crippen LogP contribution is 2.30. The van der Waals surface area contributed by atoms with Gasteiger partial charge in [0.25, 0.3) is 0 Å². The van der Waals surface area contributed by atoms with Gasteiger partial charge in [-0.15, -0.1) is 0 Å². The zero-order valence-corrected chi connectivity index (χ0v) is 14.1. The fraction of sp³-hybridized carbons (Fsp3) is 0.684. The maximum Gasteiger partial charge on any atom is 0.0237 e. The van der Waals surface area contributed by atoms with Crippen LogP contribution < -0.4 is 5.32 Å². The summed E-state index contributed by atoms with van der Waals surface area (Å²) < 4.78 is 0. The van der Waals surface area contributed by atoms with Crippen LogP contribution in [-0.4, -0.2) is 24.5 Å². The number of hydrogen-bond donors (Lipinski definition) is 1. The molecule has 21 heavy (non-hydrogen) atoms. The lowest BCUT2D eigenvalue weighted by Gasteiger charge is -2.23. The van der Waals surface area contributed by atoms with E-state index in [1.165, 1.54) is 43.5 Å². The molecule has 0 saturated heterocycles. The second-order valence-corrected chi connectivity index (χ2v) is 6.97. The highest BCUT2D eigenvalue weighted by atomic mass is 15.1. The van der Waals surface area contributed by atoms with E-state index in [4.69, 9.17) is 0 Å². The van der Waals surface area contributed by atoms with Crippen LogP contribution in [0.15, 0.2) is 24.3 Å². The molecule has 118 valence electrons. The van der Waals surface area contributed by atoms with Crippen LogP contribution in [0.25, 0.3) is 0 Å². The number of benzene rings is 1. The van der Waals surface area contributed by atoms with Crippen molar-refractivity contribution in [3.05, 3.63) is 35.4 Å². The summed E-state index contributed by atoms with van der Waals surface area (Å²) in [5.74, 6) is 1.69. The van der Waals surface area contributed by atoms with Gasteiger partial charge in [0.05, 0.1) is 0 Å². The summed E-state index contributed by atoms with van der Waals surface area (Å²) in [6, 6.07) is 8.94. The molecule has 0 atom stereocenters. The van der Waals surface area contributed by atoms with Crippen molar-refractivity contribution in [1.82, 2.24) is 10.2 Å². The normalized spacial score (nSPS) is 15.1. The Morgan fingerprint density at radius 3 is 2.52 bits per heavy atom. The third kappa shape index (κ3) is 6.19. The fourth-order valence-corrected chi connectivity index (χ4v) is 2.84. The van der Waals surface area contributed by atoms with Gasteiger partial charge in [0.15, 0.2) is 0 Å². The first-order chi connectivity index (χ1) is 10.2. The van der Waals surface area contributed by atoms with Crippen molar-refractivity contribution in [3.8, 4) is 0 Å². The van der Waals surface area contributed by atoms with E-state index < -0.39 is 0 Å². The van der Waals surface area contributed by atoms with Crippen LogP contribution in [0.5, 0.6) is 0 Å². The smallest absolute Gasteiger partial charge is 0.0237 e. The molecule has 0 radical (unpaired) electrons. The molecule has 1 aliphatic carbocycles. The molecule has 1 aromatic rings. The van der Waals surface area contributed by atoms with Crippen molar-refractivity contribution in [2.45, 2.75) is 53.1 Å². The summed E-state index contributed by atoms with van der Waals surface area (Å²) in [7, 11) is 0. The quantitative estimate of drug-likeness (QED) is 0.698. The molecule has 1 N–H and O–H groups in total. The van der Waals surface area contributed by atoms with E-state index >= 15 is 0 Å². The maximum atomic E-state index is 3.58. The third-order valence-corrected chi connectivity index (χ3v) is 4.13. The zero-order chi connectivity index (χ0) is 15.1. The minimum Gasteiger partial charge on any atom is -0.312 e. The lowest BCUT2D eigenvalue weighted by Crippen LogP contribution is -2.27. The number of nitrogens with one attached hydrogen (secondary N) is 1. The standard InChI is InChI=1S/C19H32N2/c1-4-11-21(14-17-9-10-17)15-19-8-6-5-7-18(19)13-20-12-16(2)3/h5-8,16-17,20H,4,9-15H2,1-3H3. The van der Waals surface area contributed by atoms with Gasteiger partial charge in [0.1, 0.15) is 0 Å². The summed E-state index contributed by atoms with van der Waals surface area (Å²) in [5.41, 5.74) is 2.97. The molecule has 2 rings (SSSR count). The van der Waals surface area contributed by atoms with E-state index in [0.717, 1.165) is 25.6 Å². The van der Waals surface area contributed by atoms with Gasteiger partial charge in [0, 0.05) is 19.6 Å². The first-order valence-electron chi connectivity index (χ1n) is 8.69. The van der Waals surface area contributed by atoms with Gasteiger partial charge in [-0.25, -0.2) is 0 Å². The first kappa shape index (κ1) is 16.5. The molecule has 0 unspecified atom stereocenters. The van der Waals surface area contributed by atoms with E-state index in [1.807, 2.05) is 0 Å². The average molecular weight is 288 g/mol. The lowest BCUT2D eigenvalue weighted by atomic mass is 10.1. The van der Waals surface area contributed by atoms with Crippen molar-refractivity contribution in [2.75, 3.05) is 19.6 Å². The molecular weight excluding hydrogens is 256 g/mol. The number of hydrogen-bond acceptors (Lipinski definition) is 2. The van der Waals surface area contributed by atoms with Gasteiger partial charge in [0.2, 0.25) is 0 Å². The van der Waals surface area contributed by atoms with Crippen molar-refractivity contribution in [3.63, 3.8) is 0 Å². The Hall–Kier alpha value is -0.860. The van der Waals surface area contributed by atoms with E-state index in [9.17, 15) is 0 Å². The molecule has 1 aliphatic rings. The van der Waals surface area contributed by atoms with Crippen molar-refractivity contribution in [1.29, 1.82) is 0 Å². The highest BCUT2D eigenvalue weighted by molar-refractivity contribution is 5.27. The monoisotopic (exact) mass is 288 g/mol. The summed E-state index contributed by atoms with van der Waals surface area (Å²) in [6.45, 7) is 12.5. The summed E-state index contributed by atoms with van der Waals surface area (Å²) in [5, 5.41) is 3.58. The van der Waals surface area contributed by atoms with E-state index in [2.05, 4.69) is 55.3 Å². The minimum absolute atomic E-state index is 0.712. The molecule has 1 aromatic carbocycles. The second-order valence-electron chi connectivity index (χ2n) is 6.97. The Morgan fingerprint density at radius 2 is 1.90 bits per heavy atom. The van der Waals surface area contributed by atoms with Gasteiger partial charge in [-0.05, 0) is 55.3 Å². The van der Waals surface area contributed by atoms with Crippen molar-refractivity contribution >= 4 is 0 Å². The molecule has 0 bridgehead atoms. The Morgan fingerprint density at radius 1 is 1.19 bits per heavy atom. The van der Waals surface area contributed by atoms with Gasteiger partial charge >= 0.3 is 0 Å². The largest absolute Gasteiger partial charge is 0.312 e. The SMILES string of the molecule is CCCN(Cc1ccccc1CNCC(C)C)CC1CC1. The van der Waals surface area contributed by atoms with Crippen LogP contribution in [0.1, 0.15) is 51.2 Å². The fourth-order valence-electron chi connectivity index (χ4n) is 2.84. The van der Waals surface area contributed by atoms with Crippen LogP contribution in [0.2, 0.25) is 0 Å². The van der Waals surface area contributed by atoms with Crippen LogP contribution in [0, 0.1) is 11.8 Å². The molecular formula is C19H32N2.